The molecule has 0 saturated carbocycles. The van der Waals surface area contributed by atoms with Crippen LogP contribution in [0, 0.1) is 0 Å². The van der Waals surface area contributed by atoms with Crippen molar-refractivity contribution in [1.29, 1.82) is 0 Å². The van der Waals surface area contributed by atoms with Crippen molar-refractivity contribution in [3.63, 3.8) is 0 Å². The van der Waals surface area contributed by atoms with Gasteiger partial charge in [-0.1, -0.05) is 30.3 Å². The summed E-state index contributed by atoms with van der Waals surface area (Å²) in [6, 6.07) is 17.2. The van der Waals surface area contributed by atoms with E-state index in [0.717, 1.165) is 23.4 Å². The van der Waals surface area contributed by atoms with E-state index in [2.05, 4.69) is 0 Å². The van der Waals surface area contributed by atoms with E-state index in [1.165, 1.54) is 7.11 Å². The zero-order valence-corrected chi connectivity index (χ0v) is 15.5. The lowest BCUT2D eigenvalue weighted by Crippen LogP contribution is -2.55. The van der Waals surface area contributed by atoms with Crippen LogP contribution in [0.5, 0.6) is 0 Å². The number of nitrogens with zero attached hydrogens (tertiary/aromatic N) is 2. The van der Waals surface area contributed by atoms with Gasteiger partial charge in [0.25, 0.3) is 0 Å². The molecule has 1 heterocycles. The maximum Gasteiger partial charge on any atom is 0.329 e. The molecular weight excluding hydrogens is 342 g/mol. The molecule has 1 aliphatic heterocycles. The molecule has 6 nitrogen and oxygen atoms in total. The van der Waals surface area contributed by atoms with Gasteiger partial charge in [-0.3, -0.25) is 14.6 Å². The molecule has 2 N–H and O–H groups in total. The van der Waals surface area contributed by atoms with Crippen LogP contribution in [0.2, 0.25) is 0 Å². The molecule has 1 atom stereocenters. The summed E-state index contributed by atoms with van der Waals surface area (Å²) in [5.74, 6) is -0.254. The summed E-state index contributed by atoms with van der Waals surface area (Å²) in [4.78, 5) is 28.5. The van der Waals surface area contributed by atoms with Gasteiger partial charge in [0.1, 0.15) is 0 Å². The second kappa shape index (κ2) is 8.68. The van der Waals surface area contributed by atoms with Gasteiger partial charge in [-0.05, 0) is 42.7 Å². The molecular formula is C21H25N3O3. The molecule has 3 rings (SSSR count). The Morgan fingerprint density at radius 3 is 2.44 bits per heavy atom. The van der Waals surface area contributed by atoms with Gasteiger partial charge >= 0.3 is 12.0 Å². The number of nitrogens with two attached hydrogens (primary N) is 1. The Balaban J connectivity index is 1.85. The van der Waals surface area contributed by atoms with Gasteiger partial charge in [-0.25, -0.2) is 4.79 Å². The Kier molecular flexibility index (Phi) is 6.08. The molecule has 0 spiro atoms. The number of esters is 1. The summed E-state index contributed by atoms with van der Waals surface area (Å²) in [6.45, 7) is 1.08. The molecule has 1 unspecified atom stereocenters. The normalized spacial score (nSPS) is 17.1. The second-order valence-electron chi connectivity index (χ2n) is 6.57. The number of methoxy groups -OCH3 is 1. The molecule has 2 aromatic rings. The van der Waals surface area contributed by atoms with Crippen LogP contribution < -0.4 is 15.5 Å². The molecule has 1 fully saturated rings. The van der Waals surface area contributed by atoms with Crippen molar-refractivity contribution < 1.29 is 14.3 Å². The molecule has 6 heteroatoms. The minimum absolute atomic E-state index is 0.0430. The third kappa shape index (κ3) is 4.28. The first-order valence-corrected chi connectivity index (χ1v) is 9.15. The summed E-state index contributed by atoms with van der Waals surface area (Å²) >= 11 is 0. The molecule has 0 bridgehead atoms. The first kappa shape index (κ1) is 18.9. The third-order valence-electron chi connectivity index (χ3n) is 4.92. The second-order valence-corrected chi connectivity index (χ2v) is 6.57. The first-order valence-electron chi connectivity index (χ1n) is 9.15. The highest BCUT2D eigenvalue weighted by Crippen LogP contribution is 2.30. The Morgan fingerprint density at radius 1 is 1.11 bits per heavy atom. The van der Waals surface area contributed by atoms with Crippen molar-refractivity contribution in [2.75, 3.05) is 23.5 Å². The molecule has 0 aromatic heterocycles. The molecule has 1 saturated heterocycles. The van der Waals surface area contributed by atoms with Crippen LogP contribution in [0.1, 0.15) is 24.8 Å². The summed E-state index contributed by atoms with van der Waals surface area (Å²) in [5.41, 5.74) is 8.38. The maximum absolute atomic E-state index is 13.3. The Hall–Kier alpha value is -2.86. The number of ether oxygens (including phenoxy) is 1. The highest BCUT2D eigenvalue weighted by molar-refractivity contribution is 6.04. The van der Waals surface area contributed by atoms with Crippen LogP contribution in [0.15, 0.2) is 54.6 Å². The van der Waals surface area contributed by atoms with E-state index in [9.17, 15) is 9.59 Å². The van der Waals surface area contributed by atoms with Crippen LogP contribution in [-0.4, -0.2) is 31.7 Å². The Bertz CT molecular complexity index is 777. The number of amides is 2. The van der Waals surface area contributed by atoms with E-state index in [-0.39, 0.29) is 18.0 Å². The number of benzene rings is 2. The Morgan fingerprint density at radius 2 is 1.81 bits per heavy atom. The Labute approximate surface area is 159 Å². The van der Waals surface area contributed by atoms with E-state index < -0.39 is 0 Å². The number of para-hydroxylation sites is 1. The van der Waals surface area contributed by atoms with E-state index in [1.54, 1.807) is 9.80 Å². The molecule has 2 amide bonds. The SMILES string of the molecule is COC(=O)CCC1CCN(c2ccc(CN)cc2)C(=O)N1c1ccccc1. The molecule has 27 heavy (non-hydrogen) atoms. The van der Waals surface area contributed by atoms with Crippen molar-refractivity contribution in [3.05, 3.63) is 60.2 Å². The monoisotopic (exact) mass is 367 g/mol. The molecule has 2 aromatic carbocycles. The van der Waals surface area contributed by atoms with Crippen molar-refractivity contribution in [3.8, 4) is 0 Å². The van der Waals surface area contributed by atoms with Gasteiger partial charge in [0.2, 0.25) is 0 Å². The lowest BCUT2D eigenvalue weighted by molar-refractivity contribution is -0.140. The largest absolute Gasteiger partial charge is 0.469 e. The quantitative estimate of drug-likeness (QED) is 0.795. The first-order chi connectivity index (χ1) is 13.1. The average molecular weight is 367 g/mol. The fourth-order valence-corrected chi connectivity index (χ4v) is 3.41. The van der Waals surface area contributed by atoms with Crippen molar-refractivity contribution in [2.45, 2.75) is 31.8 Å². The number of anilines is 2. The van der Waals surface area contributed by atoms with Gasteiger partial charge in [0.15, 0.2) is 0 Å². The van der Waals surface area contributed by atoms with E-state index in [4.69, 9.17) is 10.5 Å². The van der Waals surface area contributed by atoms with Gasteiger partial charge in [0.05, 0.1) is 7.11 Å². The number of rotatable bonds is 6. The van der Waals surface area contributed by atoms with Crippen LogP contribution >= 0.6 is 0 Å². The minimum Gasteiger partial charge on any atom is -0.469 e. The molecule has 0 aliphatic carbocycles. The lowest BCUT2D eigenvalue weighted by Gasteiger charge is -2.41. The van der Waals surface area contributed by atoms with Crippen LogP contribution in [0.3, 0.4) is 0 Å². The topological polar surface area (TPSA) is 75.9 Å². The van der Waals surface area contributed by atoms with Crippen molar-refractivity contribution in [2.24, 2.45) is 5.73 Å². The number of carbonyl (C=O) groups excluding carboxylic acids is 2. The number of hydrogen-bond acceptors (Lipinski definition) is 4. The van der Waals surface area contributed by atoms with Gasteiger partial charge < -0.3 is 10.5 Å². The van der Waals surface area contributed by atoms with Crippen LogP contribution in [0.4, 0.5) is 16.2 Å². The molecule has 0 radical (unpaired) electrons. The van der Waals surface area contributed by atoms with Crippen molar-refractivity contribution >= 4 is 23.4 Å². The van der Waals surface area contributed by atoms with E-state index in [1.807, 2.05) is 54.6 Å². The molecule has 142 valence electrons. The zero-order valence-electron chi connectivity index (χ0n) is 15.5. The zero-order chi connectivity index (χ0) is 19.2. The average Bonchev–Trinajstić information content (AvgIpc) is 2.72. The van der Waals surface area contributed by atoms with E-state index >= 15 is 0 Å². The van der Waals surface area contributed by atoms with Crippen LogP contribution in [0.25, 0.3) is 0 Å². The lowest BCUT2D eigenvalue weighted by atomic mass is 10.0. The predicted octanol–water partition coefficient (Wildman–Crippen LogP) is 3.30. The number of urea groups is 1. The third-order valence-corrected chi connectivity index (χ3v) is 4.92. The minimum atomic E-state index is -0.254. The highest BCUT2D eigenvalue weighted by atomic mass is 16.5. The fraction of sp³-hybridized carbons (Fsp3) is 0.333. The molecule has 1 aliphatic rings. The summed E-state index contributed by atoms with van der Waals surface area (Å²) in [5, 5.41) is 0. The van der Waals surface area contributed by atoms with Gasteiger partial charge in [-0.15, -0.1) is 0 Å². The highest BCUT2D eigenvalue weighted by Gasteiger charge is 2.35. The summed E-state index contributed by atoms with van der Waals surface area (Å²) in [7, 11) is 1.38. The van der Waals surface area contributed by atoms with E-state index in [0.29, 0.717) is 25.9 Å². The standard InChI is InChI=1S/C21H25N3O3/c1-27-20(25)12-11-19-13-14-23(17-9-7-16(15-22)8-10-17)21(26)24(19)18-5-3-2-4-6-18/h2-10,19H,11-15,22H2,1H3. The summed E-state index contributed by atoms with van der Waals surface area (Å²) in [6.07, 6.45) is 1.65. The van der Waals surface area contributed by atoms with Gasteiger partial charge in [0, 0.05) is 36.9 Å². The number of hydrogen-bond donors (Lipinski definition) is 1. The maximum atomic E-state index is 13.3. The fourth-order valence-electron chi connectivity index (χ4n) is 3.41. The number of carbonyl (C=O) groups is 2. The van der Waals surface area contributed by atoms with Gasteiger partial charge in [-0.2, -0.15) is 0 Å². The van der Waals surface area contributed by atoms with Crippen LogP contribution in [-0.2, 0) is 16.1 Å². The summed E-state index contributed by atoms with van der Waals surface area (Å²) < 4.78 is 4.76. The predicted molar refractivity (Wildman–Crippen MR) is 106 cm³/mol. The van der Waals surface area contributed by atoms with Crippen molar-refractivity contribution in [1.82, 2.24) is 0 Å². The smallest absolute Gasteiger partial charge is 0.329 e.